The van der Waals surface area contributed by atoms with Gasteiger partial charge in [-0.25, -0.2) is 9.59 Å². The number of carboxylic acids is 1. The van der Waals surface area contributed by atoms with Crippen LogP contribution in [0.5, 0.6) is 11.5 Å². The molecule has 0 radical (unpaired) electrons. The first-order valence-electron chi connectivity index (χ1n) is 8.54. The van der Waals surface area contributed by atoms with Crippen molar-refractivity contribution in [3.8, 4) is 11.5 Å². The Hall–Kier alpha value is -2.86. The number of esters is 1. The van der Waals surface area contributed by atoms with Crippen LogP contribution in [0.25, 0.3) is 0 Å². The van der Waals surface area contributed by atoms with Crippen LogP contribution in [0.15, 0.2) is 48.5 Å². The van der Waals surface area contributed by atoms with Crippen molar-refractivity contribution in [2.45, 2.75) is 13.8 Å². The number of nitrogens with zero attached hydrogens (tertiary/aromatic N) is 1. The van der Waals surface area contributed by atoms with E-state index < -0.39 is 11.9 Å². The van der Waals surface area contributed by atoms with Crippen LogP contribution < -0.4 is 9.47 Å². The topological polar surface area (TPSA) is 76.1 Å². The third kappa shape index (κ3) is 5.32. The minimum atomic E-state index is -1.14. The van der Waals surface area contributed by atoms with Crippen molar-refractivity contribution < 1.29 is 24.2 Å². The monoisotopic (exact) mass is 357 g/mol. The highest BCUT2D eigenvalue weighted by Gasteiger charge is 2.15. The smallest absolute Gasteiger partial charge is 0.343 e. The van der Waals surface area contributed by atoms with E-state index in [1.807, 2.05) is 0 Å². The first-order valence-corrected chi connectivity index (χ1v) is 8.54. The fourth-order valence-electron chi connectivity index (χ4n) is 2.43. The third-order valence-corrected chi connectivity index (χ3v) is 3.96. The molecule has 0 aliphatic rings. The number of ether oxygens (including phenoxy) is 2. The molecule has 0 saturated carbocycles. The third-order valence-electron chi connectivity index (χ3n) is 3.96. The Balaban J connectivity index is 2.08. The Morgan fingerprint density at radius 1 is 1.04 bits per heavy atom. The van der Waals surface area contributed by atoms with Crippen LogP contribution in [0.3, 0.4) is 0 Å². The summed E-state index contributed by atoms with van der Waals surface area (Å²) in [6, 6.07) is 12.9. The van der Waals surface area contributed by atoms with Crippen molar-refractivity contribution in [2.75, 3.05) is 26.2 Å². The van der Waals surface area contributed by atoms with Gasteiger partial charge in [-0.1, -0.05) is 32.0 Å². The number of likely N-dealkylation sites (N-methyl/N-ethyl adjacent to an activating group) is 1. The number of benzene rings is 2. The lowest BCUT2D eigenvalue weighted by atomic mass is 10.2. The van der Waals surface area contributed by atoms with Crippen LogP contribution in [0, 0.1) is 0 Å². The molecule has 0 aromatic heterocycles. The molecular weight excluding hydrogens is 334 g/mol. The molecule has 0 saturated heterocycles. The molecule has 2 aromatic carbocycles. The predicted octanol–water partition coefficient (Wildman–Crippen LogP) is 3.32. The van der Waals surface area contributed by atoms with Crippen molar-refractivity contribution in [3.63, 3.8) is 0 Å². The van der Waals surface area contributed by atoms with Crippen molar-refractivity contribution in [1.82, 2.24) is 4.90 Å². The normalized spacial score (nSPS) is 10.6. The highest BCUT2D eigenvalue weighted by Crippen LogP contribution is 2.25. The van der Waals surface area contributed by atoms with Gasteiger partial charge in [-0.3, -0.25) is 0 Å². The molecule has 1 N–H and O–H groups in total. The standard InChI is InChI=1S/C20H23NO5/c1-3-21(4-2)12-13-25-18-11-10-16(14-17(18)19(22)23)26-20(24)15-8-6-5-7-9-15/h5-11,14H,3-4,12-13H2,1-2H3,(H,22,23). The van der Waals surface area contributed by atoms with Crippen LogP contribution in [0.2, 0.25) is 0 Å². The van der Waals surface area contributed by atoms with Gasteiger partial charge in [-0.15, -0.1) is 0 Å². The molecule has 0 heterocycles. The minimum Gasteiger partial charge on any atom is -0.491 e. The van der Waals surface area contributed by atoms with Gasteiger partial charge >= 0.3 is 11.9 Å². The molecule has 0 aliphatic carbocycles. The lowest BCUT2D eigenvalue weighted by Gasteiger charge is -2.18. The van der Waals surface area contributed by atoms with Crippen LogP contribution >= 0.6 is 0 Å². The van der Waals surface area contributed by atoms with Gasteiger partial charge in [0.1, 0.15) is 23.7 Å². The van der Waals surface area contributed by atoms with Gasteiger partial charge in [0.15, 0.2) is 0 Å². The van der Waals surface area contributed by atoms with Gasteiger partial charge in [0.05, 0.1) is 5.56 Å². The molecule has 0 bridgehead atoms. The number of hydrogen-bond acceptors (Lipinski definition) is 5. The number of carbonyl (C=O) groups is 2. The molecule has 0 atom stereocenters. The lowest BCUT2D eigenvalue weighted by molar-refractivity contribution is 0.0682. The van der Waals surface area contributed by atoms with E-state index in [2.05, 4.69) is 18.7 Å². The van der Waals surface area contributed by atoms with Crippen LogP contribution in [-0.2, 0) is 0 Å². The maximum Gasteiger partial charge on any atom is 0.343 e. The average molecular weight is 357 g/mol. The molecule has 6 nitrogen and oxygen atoms in total. The maximum absolute atomic E-state index is 12.1. The zero-order valence-corrected chi connectivity index (χ0v) is 15.0. The average Bonchev–Trinajstić information content (AvgIpc) is 2.66. The molecule has 2 rings (SSSR count). The summed E-state index contributed by atoms with van der Waals surface area (Å²) in [5.74, 6) is -1.27. The summed E-state index contributed by atoms with van der Waals surface area (Å²) >= 11 is 0. The predicted molar refractivity (Wildman–Crippen MR) is 98.1 cm³/mol. The van der Waals surface area contributed by atoms with Gasteiger partial charge in [-0.2, -0.15) is 0 Å². The van der Waals surface area contributed by atoms with Crippen molar-refractivity contribution >= 4 is 11.9 Å². The Labute approximate surface area is 153 Å². The highest BCUT2D eigenvalue weighted by molar-refractivity contribution is 5.93. The van der Waals surface area contributed by atoms with Gasteiger partial charge < -0.3 is 19.5 Å². The summed E-state index contributed by atoms with van der Waals surface area (Å²) in [6.07, 6.45) is 0. The summed E-state index contributed by atoms with van der Waals surface area (Å²) < 4.78 is 10.9. The van der Waals surface area contributed by atoms with Gasteiger partial charge in [0.25, 0.3) is 0 Å². The number of aromatic carboxylic acids is 1. The molecule has 138 valence electrons. The van der Waals surface area contributed by atoms with Gasteiger partial charge in [0.2, 0.25) is 0 Å². The summed E-state index contributed by atoms with van der Waals surface area (Å²) in [5, 5.41) is 9.41. The largest absolute Gasteiger partial charge is 0.491 e. The zero-order chi connectivity index (χ0) is 18.9. The summed E-state index contributed by atoms with van der Waals surface area (Å²) in [4.78, 5) is 25.8. The van der Waals surface area contributed by atoms with E-state index >= 15 is 0 Å². The zero-order valence-electron chi connectivity index (χ0n) is 15.0. The lowest BCUT2D eigenvalue weighted by Crippen LogP contribution is -2.28. The van der Waals surface area contributed by atoms with E-state index in [9.17, 15) is 14.7 Å². The molecule has 6 heteroatoms. The summed E-state index contributed by atoms with van der Waals surface area (Å²) in [5.41, 5.74) is 0.354. The Bertz CT molecular complexity index is 741. The van der Waals surface area contributed by atoms with E-state index in [0.29, 0.717) is 18.7 Å². The van der Waals surface area contributed by atoms with Crippen LogP contribution in [0.1, 0.15) is 34.6 Å². The number of carbonyl (C=O) groups excluding carboxylic acids is 1. The first kappa shape index (κ1) is 19.5. The van der Waals surface area contributed by atoms with E-state index in [4.69, 9.17) is 9.47 Å². The number of hydrogen-bond donors (Lipinski definition) is 1. The van der Waals surface area contributed by atoms with E-state index in [1.165, 1.54) is 18.2 Å². The van der Waals surface area contributed by atoms with E-state index in [-0.39, 0.29) is 17.1 Å². The number of carboxylic acid groups (broad SMARTS) is 1. The van der Waals surface area contributed by atoms with E-state index in [0.717, 1.165) is 13.1 Å². The maximum atomic E-state index is 12.1. The SMILES string of the molecule is CCN(CC)CCOc1ccc(OC(=O)c2ccccc2)cc1C(=O)O. The molecule has 2 aromatic rings. The van der Waals surface area contributed by atoms with Crippen molar-refractivity contribution in [1.29, 1.82) is 0 Å². The van der Waals surface area contributed by atoms with Crippen LogP contribution in [0.4, 0.5) is 0 Å². The molecule has 0 unspecified atom stereocenters. The molecule has 26 heavy (non-hydrogen) atoms. The summed E-state index contributed by atoms with van der Waals surface area (Å²) in [6.45, 7) is 7.01. The molecule has 0 amide bonds. The van der Waals surface area contributed by atoms with Gasteiger partial charge in [-0.05, 0) is 43.4 Å². The minimum absolute atomic E-state index is 0.0390. The Morgan fingerprint density at radius 3 is 2.35 bits per heavy atom. The fourth-order valence-corrected chi connectivity index (χ4v) is 2.43. The molecule has 0 fully saturated rings. The Kier molecular flexibility index (Phi) is 7.17. The van der Waals surface area contributed by atoms with Crippen molar-refractivity contribution in [3.05, 3.63) is 59.7 Å². The summed E-state index contributed by atoms with van der Waals surface area (Å²) in [7, 11) is 0. The van der Waals surface area contributed by atoms with Crippen molar-refractivity contribution in [2.24, 2.45) is 0 Å². The molecule has 0 spiro atoms. The van der Waals surface area contributed by atoms with E-state index in [1.54, 1.807) is 30.3 Å². The number of rotatable bonds is 9. The second-order valence-electron chi connectivity index (χ2n) is 5.59. The fraction of sp³-hybridized carbons (Fsp3) is 0.300. The van der Waals surface area contributed by atoms with Crippen LogP contribution in [-0.4, -0.2) is 48.2 Å². The second kappa shape index (κ2) is 9.58. The first-order chi connectivity index (χ1) is 12.5. The quantitative estimate of drug-likeness (QED) is 0.548. The Morgan fingerprint density at radius 2 is 1.73 bits per heavy atom. The highest BCUT2D eigenvalue weighted by atomic mass is 16.5. The van der Waals surface area contributed by atoms with Gasteiger partial charge in [0, 0.05) is 6.54 Å². The molecular formula is C20H23NO5. The molecule has 0 aliphatic heterocycles. The second-order valence-corrected chi connectivity index (χ2v) is 5.59.